The highest BCUT2D eigenvalue weighted by Gasteiger charge is 2.44. The normalized spacial score (nSPS) is 24.4. The Morgan fingerprint density at radius 1 is 1.00 bits per heavy atom. The predicted molar refractivity (Wildman–Crippen MR) is 93.7 cm³/mol. The van der Waals surface area contributed by atoms with E-state index in [1.54, 1.807) is 0 Å². The quantitative estimate of drug-likeness (QED) is 0.837. The minimum Gasteiger partial charge on any atom is -0.296 e. The lowest BCUT2D eigenvalue weighted by Crippen LogP contribution is -2.67. The first kappa shape index (κ1) is 15.4. The fraction of sp³-hybridized carbons (Fsp3) is 0.389. The van der Waals surface area contributed by atoms with Crippen LogP contribution in [0.5, 0.6) is 0 Å². The lowest BCUT2D eigenvalue weighted by molar-refractivity contribution is -0.0774. The van der Waals surface area contributed by atoms with E-state index in [4.69, 9.17) is 23.2 Å². The summed E-state index contributed by atoms with van der Waals surface area (Å²) >= 11 is 12.3. The summed E-state index contributed by atoms with van der Waals surface area (Å²) in [7, 11) is 0. The minimum atomic E-state index is 0.641. The van der Waals surface area contributed by atoms with Crippen LogP contribution in [0.1, 0.15) is 17.5 Å². The van der Waals surface area contributed by atoms with Gasteiger partial charge in [0.1, 0.15) is 0 Å². The molecular weight excluding hydrogens is 329 g/mol. The number of pyridine rings is 1. The predicted octanol–water partition coefficient (Wildman–Crippen LogP) is 3.85. The Morgan fingerprint density at radius 2 is 1.74 bits per heavy atom. The summed E-state index contributed by atoms with van der Waals surface area (Å²) in [6.45, 7) is 4.20. The lowest BCUT2D eigenvalue weighted by Gasteiger charge is -2.56. The van der Waals surface area contributed by atoms with Gasteiger partial charge < -0.3 is 0 Å². The van der Waals surface area contributed by atoms with Crippen molar-refractivity contribution >= 4 is 23.2 Å². The van der Waals surface area contributed by atoms with Gasteiger partial charge in [-0.1, -0.05) is 29.3 Å². The maximum atomic E-state index is 6.32. The first-order valence-electron chi connectivity index (χ1n) is 8.00. The molecule has 0 aliphatic carbocycles. The van der Waals surface area contributed by atoms with Crippen molar-refractivity contribution < 1.29 is 0 Å². The van der Waals surface area contributed by atoms with E-state index in [0.29, 0.717) is 17.1 Å². The molecule has 3 fully saturated rings. The van der Waals surface area contributed by atoms with E-state index in [0.717, 1.165) is 31.2 Å². The van der Waals surface area contributed by atoms with E-state index in [-0.39, 0.29) is 0 Å². The van der Waals surface area contributed by atoms with Crippen molar-refractivity contribution in [2.45, 2.75) is 31.6 Å². The van der Waals surface area contributed by atoms with Crippen LogP contribution >= 0.6 is 23.2 Å². The number of benzene rings is 1. The van der Waals surface area contributed by atoms with Crippen molar-refractivity contribution in [1.82, 2.24) is 14.8 Å². The summed E-state index contributed by atoms with van der Waals surface area (Å²) in [5.41, 5.74) is 2.52. The van der Waals surface area contributed by atoms with E-state index >= 15 is 0 Å². The van der Waals surface area contributed by atoms with Crippen molar-refractivity contribution in [3.63, 3.8) is 0 Å². The molecule has 0 N–H and O–H groups in total. The molecule has 3 nitrogen and oxygen atoms in total. The van der Waals surface area contributed by atoms with Crippen LogP contribution in [-0.2, 0) is 13.1 Å². The number of aromatic nitrogens is 1. The fourth-order valence-electron chi connectivity index (χ4n) is 3.75. The lowest BCUT2D eigenvalue weighted by atomic mass is 9.86. The number of hydrogen-bond acceptors (Lipinski definition) is 3. The maximum absolute atomic E-state index is 6.32. The molecule has 3 aliphatic rings. The summed E-state index contributed by atoms with van der Waals surface area (Å²) in [4.78, 5) is 9.22. The van der Waals surface area contributed by atoms with Gasteiger partial charge in [0.2, 0.25) is 0 Å². The van der Waals surface area contributed by atoms with Gasteiger partial charge in [0, 0.05) is 60.7 Å². The van der Waals surface area contributed by atoms with Crippen molar-refractivity contribution in [1.29, 1.82) is 0 Å². The molecule has 2 aromatic rings. The van der Waals surface area contributed by atoms with Crippen LogP contribution in [0.4, 0.5) is 0 Å². The van der Waals surface area contributed by atoms with Gasteiger partial charge in [-0.15, -0.1) is 0 Å². The van der Waals surface area contributed by atoms with Gasteiger partial charge in [-0.3, -0.25) is 14.8 Å². The Hall–Kier alpha value is -1.13. The summed E-state index contributed by atoms with van der Waals surface area (Å²) in [6.07, 6.45) is 5.04. The molecule has 3 aliphatic heterocycles. The van der Waals surface area contributed by atoms with Gasteiger partial charge in [-0.05, 0) is 41.8 Å². The molecule has 4 heterocycles. The largest absolute Gasteiger partial charge is 0.296 e. The highest BCUT2D eigenvalue weighted by molar-refractivity contribution is 6.35. The number of hydrogen-bond donors (Lipinski definition) is 0. The molecule has 1 aromatic carbocycles. The van der Waals surface area contributed by atoms with Gasteiger partial charge in [0.25, 0.3) is 0 Å². The number of fused-ring (bicyclic) bond motifs is 2. The number of nitrogens with zero attached hydrogens (tertiary/aromatic N) is 3. The van der Waals surface area contributed by atoms with E-state index in [9.17, 15) is 0 Å². The molecule has 2 unspecified atom stereocenters. The van der Waals surface area contributed by atoms with Crippen molar-refractivity contribution in [2.24, 2.45) is 0 Å². The smallest absolute Gasteiger partial charge is 0.0465 e. The molecule has 120 valence electrons. The second-order valence-corrected chi connectivity index (χ2v) is 7.34. The van der Waals surface area contributed by atoms with E-state index in [1.165, 1.54) is 17.5 Å². The van der Waals surface area contributed by atoms with Gasteiger partial charge in [-0.2, -0.15) is 0 Å². The Labute approximate surface area is 146 Å². The average molecular weight is 348 g/mol. The van der Waals surface area contributed by atoms with Crippen LogP contribution < -0.4 is 0 Å². The van der Waals surface area contributed by atoms with Gasteiger partial charge in [0.05, 0.1) is 0 Å². The Kier molecular flexibility index (Phi) is 4.29. The zero-order valence-electron chi connectivity index (χ0n) is 12.8. The monoisotopic (exact) mass is 347 g/mol. The SMILES string of the molecule is Clc1ccc(CN2C3CC2CN(Cc2ccncc2)C3)c(Cl)c1. The summed E-state index contributed by atoms with van der Waals surface area (Å²) < 4.78 is 0. The van der Waals surface area contributed by atoms with Crippen molar-refractivity contribution in [3.05, 3.63) is 63.9 Å². The van der Waals surface area contributed by atoms with Crippen molar-refractivity contribution in [3.8, 4) is 0 Å². The Morgan fingerprint density at radius 3 is 2.43 bits per heavy atom. The standard InChI is InChI=1S/C18H19Cl2N3/c19-15-2-1-14(18(20)7-15)10-23-16-8-17(23)12-22(11-16)9-13-3-5-21-6-4-13/h1-7,16-17H,8-12H2. The van der Waals surface area contributed by atoms with Gasteiger partial charge in [0.15, 0.2) is 0 Å². The number of piperazine rings is 1. The van der Waals surface area contributed by atoms with Gasteiger partial charge >= 0.3 is 0 Å². The molecule has 3 saturated heterocycles. The second-order valence-electron chi connectivity index (χ2n) is 6.50. The van der Waals surface area contributed by atoms with Crippen LogP contribution in [-0.4, -0.2) is 40.0 Å². The molecule has 2 atom stereocenters. The number of halogens is 2. The van der Waals surface area contributed by atoms with Crippen LogP contribution in [0.3, 0.4) is 0 Å². The zero-order chi connectivity index (χ0) is 15.8. The first-order valence-corrected chi connectivity index (χ1v) is 8.75. The first-order chi connectivity index (χ1) is 11.2. The highest BCUT2D eigenvalue weighted by atomic mass is 35.5. The zero-order valence-corrected chi connectivity index (χ0v) is 14.3. The molecule has 23 heavy (non-hydrogen) atoms. The van der Waals surface area contributed by atoms with Crippen molar-refractivity contribution in [2.75, 3.05) is 13.1 Å². The van der Waals surface area contributed by atoms with Crippen LogP contribution in [0.15, 0.2) is 42.7 Å². The van der Waals surface area contributed by atoms with Crippen LogP contribution in [0.25, 0.3) is 0 Å². The van der Waals surface area contributed by atoms with Crippen LogP contribution in [0, 0.1) is 0 Å². The third-order valence-corrected chi connectivity index (χ3v) is 5.53. The molecule has 1 aromatic heterocycles. The Balaban J connectivity index is 1.38. The molecule has 0 spiro atoms. The van der Waals surface area contributed by atoms with Crippen LogP contribution in [0.2, 0.25) is 10.0 Å². The fourth-order valence-corrected chi connectivity index (χ4v) is 4.22. The number of piperidine rings is 1. The molecule has 0 radical (unpaired) electrons. The second kappa shape index (κ2) is 6.40. The molecule has 2 bridgehead atoms. The summed E-state index contributed by atoms with van der Waals surface area (Å²) in [5, 5.41) is 1.47. The highest BCUT2D eigenvalue weighted by Crippen LogP contribution is 2.35. The van der Waals surface area contributed by atoms with E-state index in [1.807, 2.05) is 30.6 Å². The van der Waals surface area contributed by atoms with Gasteiger partial charge in [-0.25, -0.2) is 0 Å². The Bertz CT molecular complexity index is 680. The van der Waals surface area contributed by atoms with E-state index < -0.39 is 0 Å². The minimum absolute atomic E-state index is 0.641. The third kappa shape index (κ3) is 3.24. The van der Waals surface area contributed by atoms with E-state index in [2.05, 4.69) is 26.9 Å². The number of rotatable bonds is 4. The maximum Gasteiger partial charge on any atom is 0.0465 e. The molecule has 5 heteroatoms. The summed E-state index contributed by atoms with van der Waals surface area (Å²) in [6, 6.07) is 11.3. The third-order valence-electron chi connectivity index (χ3n) is 4.94. The molecule has 0 amide bonds. The average Bonchev–Trinajstić information content (AvgIpc) is 2.55. The molecular formula is C18H19Cl2N3. The summed E-state index contributed by atoms with van der Waals surface area (Å²) in [5.74, 6) is 0. The topological polar surface area (TPSA) is 19.4 Å². The molecule has 0 saturated carbocycles. The molecule has 5 rings (SSSR count).